The van der Waals surface area contributed by atoms with Crippen molar-refractivity contribution in [1.82, 2.24) is 9.21 Å². The number of carbonyl (C=O) groups is 2. The van der Waals surface area contributed by atoms with Gasteiger partial charge in [-0.2, -0.15) is 4.31 Å². The van der Waals surface area contributed by atoms with E-state index in [4.69, 9.17) is 4.74 Å². The summed E-state index contributed by atoms with van der Waals surface area (Å²) in [7, 11) is -1.65. The van der Waals surface area contributed by atoms with Gasteiger partial charge >= 0.3 is 0 Å². The van der Waals surface area contributed by atoms with Crippen LogP contribution in [0, 0.1) is 5.92 Å². The lowest BCUT2D eigenvalue weighted by molar-refractivity contribution is -0.136. The van der Waals surface area contributed by atoms with Gasteiger partial charge in [-0.05, 0) is 24.3 Å². The maximum Gasteiger partial charge on any atom is 0.228 e. The highest BCUT2D eigenvalue weighted by Crippen LogP contribution is 2.28. The van der Waals surface area contributed by atoms with Crippen LogP contribution in [-0.4, -0.2) is 75.5 Å². The molecule has 9 heteroatoms. The van der Waals surface area contributed by atoms with Crippen molar-refractivity contribution in [3.8, 4) is 5.75 Å². The summed E-state index contributed by atoms with van der Waals surface area (Å²) in [6, 6.07) is 7.16. The summed E-state index contributed by atoms with van der Waals surface area (Å²) in [5, 5.41) is 0. The van der Waals surface area contributed by atoms with E-state index < -0.39 is 15.9 Å². The second-order valence-electron chi connectivity index (χ2n) is 6.59. The van der Waals surface area contributed by atoms with Crippen LogP contribution in [-0.2, 0) is 19.6 Å². The number of carbonyl (C=O) groups excluding carboxylic acids is 2. The second kappa shape index (κ2) is 7.24. The third kappa shape index (κ3) is 3.83. The van der Waals surface area contributed by atoms with Crippen molar-refractivity contribution in [2.45, 2.75) is 6.42 Å². The van der Waals surface area contributed by atoms with E-state index in [-0.39, 0.29) is 18.2 Å². The number of ether oxygens (including phenoxy) is 1. The molecule has 26 heavy (non-hydrogen) atoms. The lowest BCUT2D eigenvalue weighted by Crippen LogP contribution is -2.51. The van der Waals surface area contributed by atoms with Crippen LogP contribution in [0.4, 0.5) is 5.69 Å². The van der Waals surface area contributed by atoms with Crippen LogP contribution in [0.25, 0.3) is 0 Å². The molecular weight excluding hydrogens is 358 g/mol. The maximum absolute atomic E-state index is 12.7. The Hall–Kier alpha value is -2.13. The number of hydrogen-bond donors (Lipinski definition) is 0. The molecule has 2 aliphatic rings. The average Bonchev–Trinajstić information content (AvgIpc) is 3.02. The fourth-order valence-electron chi connectivity index (χ4n) is 3.38. The topological polar surface area (TPSA) is 87.2 Å². The standard InChI is InChI=1S/C17H23N3O5S/c1-25-15-5-3-14(4-6-15)20-12-13(11-16(20)21)17(22)18-7-9-19(10-8-18)26(2,23)24/h3-6,13H,7-12H2,1-2H3/t13-/m0/s1. The Kier molecular flexibility index (Phi) is 5.19. The van der Waals surface area contributed by atoms with E-state index in [1.807, 2.05) is 0 Å². The smallest absolute Gasteiger partial charge is 0.228 e. The molecule has 2 amide bonds. The Morgan fingerprint density at radius 2 is 1.73 bits per heavy atom. The number of amides is 2. The van der Waals surface area contributed by atoms with E-state index in [1.165, 1.54) is 10.6 Å². The molecule has 0 bridgehead atoms. The maximum atomic E-state index is 12.7. The summed E-state index contributed by atoms with van der Waals surface area (Å²) in [5.41, 5.74) is 0.744. The molecule has 8 nitrogen and oxygen atoms in total. The van der Waals surface area contributed by atoms with E-state index in [2.05, 4.69) is 0 Å². The first-order valence-electron chi connectivity index (χ1n) is 8.48. The van der Waals surface area contributed by atoms with Crippen molar-refractivity contribution >= 4 is 27.5 Å². The molecular formula is C17H23N3O5S. The Bertz CT molecular complexity index is 785. The number of anilines is 1. The molecule has 0 aromatic heterocycles. The molecule has 0 N–H and O–H groups in total. The molecule has 1 aromatic rings. The van der Waals surface area contributed by atoms with Crippen LogP contribution in [0.3, 0.4) is 0 Å². The molecule has 0 saturated carbocycles. The van der Waals surface area contributed by atoms with Gasteiger partial charge < -0.3 is 14.5 Å². The fraction of sp³-hybridized carbons (Fsp3) is 0.529. The normalized spacial score (nSPS) is 21.9. The molecule has 0 unspecified atom stereocenters. The first-order valence-corrected chi connectivity index (χ1v) is 10.3. The van der Waals surface area contributed by atoms with Crippen molar-refractivity contribution in [2.24, 2.45) is 5.92 Å². The average molecular weight is 381 g/mol. The zero-order valence-corrected chi connectivity index (χ0v) is 15.7. The zero-order valence-electron chi connectivity index (χ0n) is 14.9. The molecule has 0 aliphatic carbocycles. The lowest BCUT2D eigenvalue weighted by atomic mass is 10.1. The number of benzene rings is 1. The van der Waals surface area contributed by atoms with E-state index >= 15 is 0 Å². The Morgan fingerprint density at radius 1 is 1.12 bits per heavy atom. The van der Waals surface area contributed by atoms with Crippen LogP contribution in [0.2, 0.25) is 0 Å². The van der Waals surface area contributed by atoms with E-state index in [1.54, 1.807) is 41.2 Å². The summed E-state index contributed by atoms with van der Waals surface area (Å²) < 4.78 is 29.6. The molecule has 142 valence electrons. The van der Waals surface area contributed by atoms with Gasteiger partial charge in [-0.15, -0.1) is 0 Å². The predicted octanol–water partition coefficient (Wildman–Crippen LogP) is 0.152. The third-order valence-electron chi connectivity index (χ3n) is 4.88. The van der Waals surface area contributed by atoms with Crippen LogP contribution in [0.15, 0.2) is 24.3 Å². The number of rotatable bonds is 4. The minimum atomic E-state index is -3.23. The van der Waals surface area contributed by atoms with Crippen molar-refractivity contribution in [1.29, 1.82) is 0 Å². The van der Waals surface area contributed by atoms with Gasteiger partial charge in [0.05, 0.1) is 19.3 Å². The summed E-state index contributed by atoms with van der Waals surface area (Å²) in [6.07, 6.45) is 1.35. The van der Waals surface area contributed by atoms with Crippen LogP contribution >= 0.6 is 0 Å². The zero-order chi connectivity index (χ0) is 18.9. The number of methoxy groups -OCH3 is 1. The molecule has 0 spiro atoms. The van der Waals surface area contributed by atoms with E-state index in [0.717, 1.165) is 5.69 Å². The van der Waals surface area contributed by atoms with Crippen molar-refractivity contribution < 1.29 is 22.7 Å². The summed E-state index contributed by atoms with van der Waals surface area (Å²) >= 11 is 0. The van der Waals surface area contributed by atoms with Crippen LogP contribution < -0.4 is 9.64 Å². The Labute approximate surface area is 153 Å². The SMILES string of the molecule is COc1ccc(N2C[C@@H](C(=O)N3CCN(S(C)(=O)=O)CC3)CC2=O)cc1. The van der Waals surface area contributed by atoms with Crippen LogP contribution in [0.5, 0.6) is 5.75 Å². The van der Waals surface area contributed by atoms with Gasteiger partial charge in [0.15, 0.2) is 0 Å². The highest BCUT2D eigenvalue weighted by Gasteiger charge is 2.38. The Balaban J connectivity index is 1.62. The first-order chi connectivity index (χ1) is 12.3. The number of piperazine rings is 1. The minimum absolute atomic E-state index is 0.0803. The molecule has 2 fully saturated rings. The van der Waals surface area contributed by atoms with Crippen molar-refractivity contribution in [3.05, 3.63) is 24.3 Å². The van der Waals surface area contributed by atoms with Gasteiger partial charge in [-0.3, -0.25) is 9.59 Å². The lowest BCUT2D eigenvalue weighted by Gasteiger charge is -2.34. The summed E-state index contributed by atoms with van der Waals surface area (Å²) in [6.45, 7) is 1.66. The first kappa shape index (κ1) is 18.7. The summed E-state index contributed by atoms with van der Waals surface area (Å²) in [4.78, 5) is 28.4. The highest BCUT2D eigenvalue weighted by atomic mass is 32.2. The van der Waals surface area contributed by atoms with Gasteiger partial charge in [0.1, 0.15) is 5.75 Å². The number of nitrogens with zero attached hydrogens (tertiary/aromatic N) is 3. The molecule has 2 saturated heterocycles. The molecule has 0 radical (unpaired) electrons. The largest absolute Gasteiger partial charge is 0.497 e. The molecule has 3 rings (SSSR count). The molecule has 1 atom stereocenters. The third-order valence-corrected chi connectivity index (χ3v) is 6.18. The number of hydrogen-bond acceptors (Lipinski definition) is 5. The van der Waals surface area contributed by atoms with Gasteiger partial charge in [-0.1, -0.05) is 0 Å². The monoisotopic (exact) mass is 381 g/mol. The highest BCUT2D eigenvalue weighted by molar-refractivity contribution is 7.88. The predicted molar refractivity (Wildman–Crippen MR) is 96.5 cm³/mol. The Morgan fingerprint density at radius 3 is 2.27 bits per heavy atom. The minimum Gasteiger partial charge on any atom is -0.497 e. The van der Waals surface area contributed by atoms with E-state index in [0.29, 0.717) is 38.5 Å². The number of sulfonamides is 1. The fourth-order valence-corrected chi connectivity index (χ4v) is 4.21. The second-order valence-corrected chi connectivity index (χ2v) is 8.57. The van der Waals surface area contributed by atoms with Gasteiger partial charge in [0, 0.05) is 44.8 Å². The van der Waals surface area contributed by atoms with Gasteiger partial charge in [0.25, 0.3) is 0 Å². The molecule has 1 aromatic carbocycles. The van der Waals surface area contributed by atoms with E-state index in [9.17, 15) is 18.0 Å². The molecule has 2 aliphatic heterocycles. The van der Waals surface area contributed by atoms with Crippen LogP contribution in [0.1, 0.15) is 6.42 Å². The summed E-state index contributed by atoms with van der Waals surface area (Å²) in [5.74, 6) is 0.150. The van der Waals surface area contributed by atoms with Crippen molar-refractivity contribution in [2.75, 3.05) is 51.0 Å². The van der Waals surface area contributed by atoms with Gasteiger partial charge in [0.2, 0.25) is 21.8 Å². The quantitative estimate of drug-likeness (QED) is 0.741. The molecule has 2 heterocycles. The van der Waals surface area contributed by atoms with Gasteiger partial charge in [-0.25, -0.2) is 8.42 Å². The van der Waals surface area contributed by atoms with Crippen molar-refractivity contribution in [3.63, 3.8) is 0 Å².